The van der Waals surface area contributed by atoms with Gasteiger partial charge in [0.15, 0.2) is 12.8 Å². The van der Waals surface area contributed by atoms with Gasteiger partial charge in [-0.15, -0.1) is 0 Å². The second kappa shape index (κ2) is 8.12. The Labute approximate surface area is 119 Å². The molecule has 0 spiro atoms. The predicted molar refractivity (Wildman–Crippen MR) is 80.6 cm³/mol. The van der Waals surface area contributed by atoms with Crippen molar-refractivity contribution in [1.29, 1.82) is 0 Å². The highest BCUT2D eigenvalue weighted by molar-refractivity contribution is 5.51. The number of ether oxygens (including phenoxy) is 1. The molecule has 0 unspecified atom stereocenters. The molecule has 0 aliphatic carbocycles. The third-order valence-electron chi connectivity index (χ3n) is 2.89. The lowest BCUT2D eigenvalue weighted by atomic mass is 10.2. The normalized spacial score (nSPS) is 11.5. The molecule has 3 heteroatoms. The average molecular weight is 269 g/mol. The van der Waals surface area contributed by atoms with Gasteiger partial charge in [-0.2, -0.15) is 0 Å². The number of hydrogen-bond donors (Lipinski definition) is 0. The van der Waals surface area contributed by atoms with Gasteiger partial charge in [0.2, 0.25) is 0 Å². The third kappa shape index (κ3) is 5.24. The molecular formula is C17H19NO2. The summed E-state index contributed by atoms with van der Waals surface area (Å²) in [6, 6.07) is 19.7. The minimum absolute atomic E-state index is 0.388. The van der Waals surface area contributed by atoms with Gasteiger partial charge in [0.1, 0.15) is 0 Å². The van der Waals surface area contributed by atoms with Crippen molar-refractivity contribution in [2.24, 2.45) is 0 Å². The van der Waals surface area contributed by atoms with Gasteiger partial charge >= 0.3 is 0 Å². The van der Waals surface area contributed by atoms with E-state index in [1.165, 1.54) is 0 Å². The lowest BCUT2D eigenvalue weighted by molar-refractivity contribution is -0.471. The van der Waals surface area contributed by atoms with Crippen LogP contribution < -0.4 is 0 Å². The number of hydrogen-bond acceptors (Lipinski definition) is 2. The number of benzene rings is 2. The first kappa shape index (κ1) is 14.3. The second-order valence-electron chi connectivity index (χ2n) is 4.57. The summed E-state index contributed by atoms with van der Waals surface area (Å²) >= 11 is 0. The van der Waals surface area contributed by atoms with Crippen LogP contribution >= 0.6 is 0 Å². The van der Waals surface area contributed by atoms with E-state index in [4.69, 9.17) is 4.74 Å². The van der Waals surface area contributed by atoms with Crippen LogP contribution in [-0.2, 0) is 17.9 Å². The Morgan fingerprint density at radius 2 is 1.50 bits per heavy atom. The smallest absolute Gasteiger partial charge is 0.178 e. The van der Waals surface area contributed by atoms with Crippen LogP contribution in [0.5, 0.6) is 0 Å². The van der Waals surface area contributed by atoms with Crippen LogP contribution in [0.4, 0.5) is 0 Å². The average Bonchev–Trinajstić information content (AvgIpc) is 2.49. The third-order valence-corrected chi connectivity index (χ3v) is 2.89. The highest BCUT2D eigenvalue weighted by Crippen LogP contribution is 2.01. The van der Waals surface area contributed by atoms with Gasteiger partial charge in [0, 0.05) is 12.0 Å². The predicted octanol–water partition coefficient (Wildman–Crippen LogP) is 3.37. The van der Waals surface area contributed by atoms with Gasteiger partial charge in [-0.05, 0) is 5.56 Å². The summed E-state index contributed by atoms with van der Waals surface area (Å²) in [6.07, 6.45) is 2.27. The molecule has 0 aromatic heterocycles. The quantitative estimate of drug-likeness (QED) is 0.254. The van der Waals surface area contributed by atoms with E-state index in [-0.39, 0.29) is 0 Å². The summed E-state index contributed by atoms with van der Waals surface area (Å²) < 4.78 is 6.48. The molecule has 20 heavy (non-hydrogen) atoms. The molecule has 0 aliphatic rings. The number of hydroxylamine groups is 1. The first-order valence-corrected chi connectivity index (χ1v) is 6.77. The zero-order valence-electron chi connectivity index (χ0n) is 11.4. The van der Waals surface area contributed by atoms with Crippen LogP contribution in [0.3, 0.4) is 0 Å². The fraction of sp³-hybridized carbons (Fsp3) is 0.235. The standard InChI is InChI=1S/C17H19NO2/c19-18(14-16-8-3-1-4-9-16)12-7-13-20-15-17-10-5-2-6-11-17/h1-6,8-12H,7,13-15H2/b18-12-. The Balaban J connectivity index is 1.66. The number of rotatable bonds is 7. The maximum Gasteiger partial charge on any atom is 0.178 e. The summed E-state index contributed by atoms with van der Waals surface area (Å²) in [5.74, 6) is 0. The first-order chi connectivity index (χ1) is 9.84. The molecule has 2 rings (SSSR count). The SMILES string of the molecule is [O-]/[N+](=C\CCOCc1ccccc1)Cc1ccccc1. The lowest BCUT2D eigenvalue weighted by Gasteiger charge is -2.05. The highest BCUT2D eigenvalue weighted by Gasteiger charge is 1.97. The van der Waals surface area contributed by atoms with Crippen molar-refractivity contribution >= 4 is 6.21 Å². The van der Waals surface area contributed by atoms with Crippen molar-refractivity contribution < 1.29 is 9.48 Å². The Morgan fingerprint density at radius 1 is 0.900 bits per heavy atom. The largest absolute Gasteiger partial charge is 0.624 e. The van der Waals surface area contributed by atoms with E-state index in [2.05, 4.69) is 0 Å². The van der Waals surface area contributed by atoms with E-state index in [1.807, 2.05) is 60.7 Å². The molecule has 0 saturated heterocycles. The van der Waals surface area contributed by atoms with Gasteiger partial charge in [0.25, 0.3) is 0 Å². The van der Waals surface area contributed by atoms with E-state index in [0.717, 1.165) is 15.9 Å². The molecule has 0 radical (unpaired) electrons. The molecule has 2 aromatic rings. The van der Waals surface area contributed by atoms with E-state index in [9.17, 15) is 5.21 Å². The van der Waals surface area contributed by atoms with E-state index in [0.29, 0.717) is 26.2 Å². The van der Waals surface area contributed by atoms with Crippen molar-refractivity contribution in [2.75, 3.05) is 6.61 Å². The van der Waals surface area contributed by atoms with E-state index >= 15 is 0 Å². The minimum atomic E-state index is 0.388. The summed E-state index contributed by atoms with van der Waals surface area (Å²) in [5.41, 5.74) is 2.17. The zero-order valence-corrected chi connectivity index (χ0v) is 11.4. The summed E-state index contributed by atoms with van der Waals surface area (Å²) in [4.78, 5) is 0. The maximum absolute atomic E-state index is 11.7. The van der Waals surface area contributed by atoms with Crippen LogP contribution in [0.1, 0.15) is 17.5 Å². The summed E-state index contributed by atoms with van der Waals surface area (Å²) in [6.45, 7) is 1.54. The van der Waals surface area contributed by atoms with Crippen molar-refractivity contribution in [1.82, 2.24) is 0 Å². The van der Waals surface area contributed by atoms with Gasteiger partial charge in [-0.3, -0.25) is 0 Å². The van der Waals surface area contributed by atoms with Gasteiger partial charge in [0.05, 0.1) is 13.2 Å². The summed E-state index contributed by atoms with van der Waals surface area (Å²) in [7, 11) is 0. The molecule has 0 aliphatic heterocycles. The molecule has 0 amide bonds. The monoisotopic (exact) mass is 269 g/mol. The van der Waals surface area contributed by atoms with E-state index < -0.39 is 0 Å². The molecule has 0 atom stereocenters. The summed E-state index contributed by atoms with van der Waals surface area (Å²) in [5, 5.41) is 11.7. The van der Waals surface area contributed by atoms with Crippen LogP contribution in [0.25, 0.3) is 0 Å². The molecule has 3 nitrogen and oxygen atoms in total. The Morgan fingerprint density at radius 3 is 2.15 bits per heavy atom. The van der Waals surface area contributed by atoms with Crippen molar-refractivity contribution in [3.63, 3.8) is 0 Å². The van der Waals surface area contributed by atoms with Gasteiger partial charge < -0.3 is 9.94 Å². The maximum atomic E-state index is 11.7. The van der Waals surface area contributed by atoms with Gasteiger partial charge in [-0.25, -0.2) is 4.74 Å². The zero-order chi connectivity index (χ0) is 14.0. The second-order valence-corrected chi connectivity index (χ2v) is 4.57. The fourth-order valence-corrected chi connectivity index (χ4v) is 1.87. The van der Waals surface area contributed by atoms with Crippen molar-refractivity contribution in [3.05, 3.63) is 77.0 Å². The van der Waals surface area contributed by atoms with E-state index in [1.54, 1.807) is 6.21 Å². The molecule has 0 fully saturated rings. The fourth-order valence-electron chi connectivity index (χ4n) is 1.87. The number of nitrogens with zero attached hydrogens (tertiary/aromatic N) is 1. The molecule has 2 aromatic carbocycles. The van der Waals surface area contributed by atoms with Crippen molar-refractivity contribution in [3.8, 4) is 0 Å². The highest BCUT2D eigenvalue weighted by atomic mass is 16.5. The molecule has 0 saturated carbocycles. The Bertz CT molecular complexity index is 523. The topological polar surface area (TPSA) is 35.3 Å². The van der Waals surface area contributed by atoms with Crippen molar-refractivity contribution in [2.45, 2.75) is 19.6 Å². The minimum Gasteiger partial charge on any atom is -0.624 e. The van der Waals surface area contributed by atoms with Gasteiger partial charge in [-0.1, -0.05) is 60.7 Å². The van der Waals surface area contributed by atoms with Crippen LogP contribution in [0.15, 0.2) is 60.7 Å². The first-order valence-electron chi connectivity index (χ1n) is 6.77. The molecular weight excluding hydrogens is 250 g/mol. The Kier molecular flexibility index (Phi) is 5.80. The Hall–Kier alpha value is -2.13. The van der Waals surface area contributed by atoms with Crippen LogP contribution in [0, 0.1) is 5.21 Å². The molecule has 0 heterocycles. The van der Waals surface area contributed by atoms with Crippen LogP contribution in [0.2, 0.25) is 0 Å². The molecule has 104 valence electrons. The molecule has 0 N–H and O–H groups in total. The molecule has 0 bridgehead atoms. The lowest BCUT2D eigenvalue weighted by Crippen LogP contribution is -2.07. The van der Waals surface area contributed by atoms with Crippen LogP contribution in [-0.4, -0.2) is 17.6 Å².